The fourth-order valence-electron chi connectivity index (χ4n) is 3.02. The molecule has 146 valence electrons. The highest BCUT2D eigenvalue weighted by molar-refractivity contribution is 6.04. The van der Waals surface area contributed by atoms with Crippen molar-refractivity contribution in [3.8, 4) is 0 Å². The first-order valence-corrected chi connectivity index (χ1v) is 8.54. The van der Waals surface area contributed by atoms with Gasteiger partial charge in [-0.05, 0) is 31.2 Å². The van der Waals surface area contributed by atoms with Gasteiger partial charge in [-0.3, -0.25) is 25.0 Å². The number of hydrogen-bond donors (Lipinski definition) is 1. The lowest BCUT2D eigenvalue weighted by molar-refractivity contribution is -0.385. The molecule has 0 radical (unpaired) electrons. The minimum absolute atomic E-state index is 0.0814. The van der Waals surface area contributed by atoms with Crippen molar-refractivity contribution in [1.82, 2.24) is 0 Å². The number of amides is 1. The van der Waals surface area contributed by atoms with Gasteiger partial charge in [0.2, 0.25) is 0 Å². The van der Waals surface area contributed by atoms with E-state index < -0.39 is 15.8 Å². The zero-order chi connectivity index (χ0) is 20.3. The standard InChI is InChI=1S/C18H18N4O6/c1-12-10-13(2-4-15(12)21(24)25)18(23)19-14-3-5-16(17(11-14)22(26)27)20-6-8-28-9-7-20/h2-5,10-11H,6-9H2,1H3,(H,19,23). The van der Waals surface area contributed by atoms with E-state index in [0.717, 1.165) is 0 Å². The number of nitrogens with one attached hydrogen (secondary N) is 1. The first-order chi connectivity index (χ1) is 13.4. The molecule has 2 aromatic carbocycles. The van der Waals surface area contributed by atoms with Gasteiger partial charge < -0.3 is 15.0 Å². The van der Waals surface area contributed by atoms with Crippen LogP contribution in [0.2, 0.25) is 0 Å². The average Bonchev–Trinajstić information content (AvgIpc) is 2.68. The van der Waals surface area contributed by atoms with Crippen molar-refractivity contribution < 1.29 is 19.4 Å². The molecule has 1 saturated heterocycles. The largest absolute Gasteiger partial charge is 0.378 e. The molecule has 28 heavy (non-hydrogen) atoms. The molecule has 0 bridgehead atoms. The van der Waals surface area contributed by atoms with Crippen LogP contribution in [-0.2, 0) is 4.74 Å². The summed E-state index contributed by atoms with van der Waals surface area (Å²) in [5, 5.41) is 25.0. The van der Waals surface area contributed by atoms with Crippen LogP contribution in [-0.4, -0.2) is 42.1 Å². The zero-order valence-corrected chi connectivity index (χ0v) is 15.1. The first kappa shape index (κ1) is 19.2. The fraction of sp³-hybridized carbons (Fsp3) is 0.278. The molecule has 10 nitrogen and oxygen atoms in total. The Kier molecular flexibility index (Phi) is 5.50. The van der Waals surface area contributed by atoms with Crippen molar-refractivity contribution in [2.75, 3.05) is 36.5 Å². The van der Waals surface area contributed by atoms with Gasteiger partial charge in [-0.15, -0.1) is 0 Å². The molecule has 0 aliphatic carbocycles. The van der Waals surface area contributed by atoms with E-state index >= 15 is 0 Å². The number of benzene rings is 2. The Morgan fingerprint density at radius 3 is 2.32 bits per heavy atom. The smallest absolute Gasteiger partial charge is 0.294 e. The van der Waals surface area contributed by atoms with Gasteiger partial charge in [-0.1, -0.05) is 0 Å². The second-order valence-corrected chi connectivity index (χ2v) is 6.27. The molecule has 1 fully saturated rings. The van der Waals surface area contributed by atoms with Crippen LogP contribution < -0.4 is 10.2 Å². The van der Waals surface area contributed by atoms with Crippen LogP contribution in [0.15, 0.2) is 36.4 Å². The number of carbonyl (C=O) groups is 1. The molecule has 0 atom stereocenters. The van der Waals surface area contributed by atoms with Crippen molar-refractivity contribution in [1.29, 1.82) is 0 Å². The van der Waals surface area contributed by atoms with Gasteiger partial charge in [0, 0.05) is 42.0 Å². The number of carbonyl (C=O) groups excluding carboxylic acids is 1. The van der Waals surface area contributed by atoms with Crippen molar-refractivity contribution in [2.24, 2.45) is 0 Å². The van der Waals surface area contributed by atoms with Crippen molar-refractivity contribution in [2.45, 2.75) is 6.92 Å². The SMILES string of the molecule is Cc1cc(C(=O)Nc2ccc(N3CCOCC3)c([N+](=O)[O-])c2)ccc1[N+](=O)[O-]. The van der Waals surface area contributed by atoms with Crippen LogP contribution in [0.5, 0.6) is 0 Å². The Labute approximate surface area is 160 Å². The molecule has 0 aromatic heterocycles. The van der Waals surface area contributed by atoms with Gasteiger partial charge in [0.25, 0.3) is 17.3 Å². The number of nitro benzene ring substituents is 2. The maximum absolute atomic E-state index is 12.4. The zero-order valence-electron chi connectivity index (χ0n) is 15.1. The van der Waals surface area contributed by atoms with Crippen LogP contribution in [0.3, 0.4) is 0 Å². The molecule has 0 spiro atoms. The van der Waals surface area contributed by atoms with Gasteiger partial charge in [0.15, 0.2) is 0 Å². The van der Waals surface area contributed by atoms with E-state index in [-0.39, 0.29) is 22.6 Å². The van der Waals surface area contributed by atoms with Crippen molar-refractivity contribution >= 4 is 28.7 Å². The van der Waals surface area contributed by atoms with Crippen LogP contribution in [0.1, 0.15) is 15.9 Å². The summed E-state index contributed by atoms with van der Waals surface area (Å²) in [7, 11) is 0. The summed E-state index contributed by atoms with van der Waals surface area (Å²) in [5.41, 5.74) is 1.12. The number of morpholine rings is 1. The normalized spacial score (nSPS) is 13.8. The molecule has 1 aliphatic heterocycles. The van der Waals surface area contributed by atoms with E-state index in [4.69, 9.17) is 4.74 Å². The van der Waals surface area contributed by atoms with E-state index in [1.165, 1.54) is 31.2 Å². The molecule has 1 amide bonds. The third kappa shape index (κ3) is 4.07. The molecule has 0 saturated carbocycles. The highest BCUT2D eigenvalue weighted by atomic mass is 16.6. The lowest BCUT2D eigenvalue weighted by atomic mass is 10.1. The van der Waals surface area contributed by atoms with Gasteiger partial charge in [-0.2, -0.15) is 0 Å². The minimum Gasteiger partial charge on any atom is -0.378 e. The van der Waals surface area contributed by atoms with Crippen molar-refractivity contribution in [3.63, 3.8) is 0 Å². The molecule has 0 unspecified atom stereocenters. The highest BCUT2D eigenvalue weighted by Crippen LogP contribution is 2.32. The van der Waals surface area contributed by atoms with E-state index in [1.54, 1.807) is 12.1 Å². The number of rotatable bonds is 5. The summed E-state index contributed by atoms with van der Waals surface area (Å²) in [6, 6.07) is 8.50. The van der Waals surface area contributed by atoms with E-state index in [2.05, 4.69) is 5.32 Å². The summed E-state index contributed by atoms with van der Waals surface area (Å²) >= 11 is 0. The Bertz CT molecular complexity index is 940. The predicted octanol–water partition coefficient (Wildman–Crippen LogP) is 2.90. The third-order valence-electron chi connectivity index (χ3n) is 4.44. The lowest BCUT2D eigenvalue weighted by Crippen LogP contribution is -2.36. The molecular weight excluding hydrogens is 368 g/mol. The Hall–Kier alpha value is -3.53. The molecule has 3 rings (SSSR count). The van der Waals surface area contributed by atoms with E-state index in [9.17, 15) is 25.0 Å². The van der Waals surface area contributed by atoms with Gasteiger partial charge >= 0.3 is 0 Å². The van der Waals surface area contributed by atoms with Gasteiger partial charge in [0.1, 0.15) is 5.69 Å². The van der Waals surface area contributed by atoms with Crippen molar-refractivity contribution in [3.05, 3.63) is 67.8 Å². The van der Waals surface area contributed by atoms with Gasteiger partial charge in [-0.25, -0.2) is 0 Å². The summed E-state index contributed by atoms with van der Waals surface area (Å²) in [5.74, 6) is -0.508. The second-order valence-electron chi connectivity index (χ2n) is 6.27. The Balaban J connectivity index is 1.83. The summed E-state index contributed by atoms with van der Waals surface area (Å²) < 4.78 is 5.27. The summed E-state index contributed by atoms with van der Waals surface area (Å²) in [6.07, 6.45) is 0. The maximum atomic E-state index is 12.4. The van der Waals surface area contributed by atoms with E-state index in [1.807, 2.05) is 4.90 Å². The average molecular weight is 386 g/mol. The maximum Gasteiger partial charge on any atom is 0.294 e. The monoisotopic (exact) mass is 386 g/mol. The second kappa shape index (κ2) is 8.01. The number of aryl methyl sites for hydroxylation is 1. The summed E-state index contributed by atoms with van der Waals surface area (Å²) in [6.45, 7) is 3.63. The Morgan fingerprint density at radius 2 is 1.71 bits per heavy atom. The van der Waals surface area contributed by atoms with Crippen LogP contribution in [0.4, 0.5) is 22.7 Å². The van der Waals surface area contributed by atoms with Crippen LogP contribution in [0, 0.1) is 27.2 Å². The molecule has 1 aliphatic rings. The van der Waals surface area contributed by atoms with Gasteiger partial charge in [0.05, 0.1) is 23.1 Å². The molecule has 2 aromatic rings. The topological polar surface area (TPSA) is 128 Å². The van der Waals surface area contributed by atoms with E-state index in [0.29, 0.717) is 37.6 Å². The molecule has 10 heteroatoms. The molecule has 1 heterocycles. The predicted molar refractivity (Wildman–Crippen MR) is 102 cm³/mol. The molecular formula is C18H18N4O6. The Morgan fingerprint density at radius 1 is 1.04 bits per heavy atom. The minimum atomic E-state index is -0.523. The quantitative estimate of drug-likeness (QED) is 0.618. The van der Waals surface area contributed by atoms with Crippen LogP contribution >= 0.6 is 0 Å². The number of nitrogens with zero attached hydrogens (tertiary/aromatic N) is 3. The number of anilines is 2. The number of ether oxygens (including phenoxy) is 1. The highest BCUT2D eigenvalue weighted by Gasteiger charge is 2.22. The van der Waals surface area contributed by atoms with Crippen LogP contribution in [0.25, 0.3) is 0 Å². The fourth-order valence-corrected chi connectivity index (χ4v) is 3.02. The third-order valence-corrected chi connectivity index (χ3v) is 4.44. The number of nitro groups is 2. The molecule has 1 N–H and O–H groups in total. The lowest BCUT2D eigenvalue weighted by Gasteiger charge is -2.28. The summed E-state index contributed by atoms with van der Waals surface area (Å²) in [4.78, 5) is 35.7. The first-order valence-electron chi connectivity index (χ1n) is 8.54. The number of hydrogen-bond acceptors (Lipinski definition) is 7.